The number of esters is 1. The van der Waals surface area contributed by atoms with Gasteiger partial charge in [-0.2, -0.15) is 5.10 Å². The number of benzene rings is 3. The predicted octanol–water partition coefficient (Wildman–Crippen LogP) is 4.75. The molecule has 0 radical (unpaired) electrons. The number of hydrogen-bond donors (Lipinski definition) is 1. The standard InChI is InChI=1S/C25H22N2O3/c1-29-21-12-8-19(9-13-21)23-17-24(27-26-23)20-10-14-22(15-11-20)30-25(28)16-7-18-5-3-2-4-6-18/h2-16,24,27H,17H2,1H3/b16-7-. The van der Waals surface area contributed by atoms with Crippen molar-refractivity contribution >= 4 is 17.8 Å². The van der Waals surface area contributed by atoms with E-state index in [-0.39, 0.29) is 6.04 Å². The van der Waals surface area contributed by atoms with Crippen molar-refractivity contribution in [2.45, 2.75) is 12.5 Å². The Hall–Kier alpha value is -3.86. The van der Waals surface area contributed by atoms with Gasteiger partial charge in [0, 0.05) is 12.5 Å². The molecule has 1 N–H and O–H groups in total. The Morgan fingerprint density at radius 2 is 1.67 bits per heavy atom. The summed E-state index contributed by atoms with van der Waals surface area (Å²) in [5.41, 5.74) is 7.30. The van der Waals surface area contributed by atoms with Gasteiger partial charge < -0.3 is 14.9 Å². The number of carbonyl (C=O) groups excluding carboxylic acids is 1. The Kier molecular flexibility index (Phi) is 5.90. The molecule has 0 aromatic heterocycles. The number of nitrogens with one attached hydrogen (secondary N) is 1. The maximum absolute atomic E-state index is 12.0. The molecule has 0 saturated heterocycles. The first kappa shape index (κ1) is 19.5. The second kappa shape index (κ2) is 9.09. The van der Waals surface area contributed by atoms with E-state index in [1.165, 1.54) is 6.08 Å². The fourth-order valence-electron chi connectivity index (χ4n) is 3.25. The van der Waals surface area contributed by atoms with E-state index in [1.54, 1.807) is 25.3 Å². The molecule has 0 bridgehead atoms. The zero-order valence-electron chi connectivity index (χ0n) is 16.6. The normalized spacial score (nSPS) is 15.5. The molecule has 1 aliphatic rings. The molecule has 3 aromatic carbocycles. The molecule has 0 aliphatic carbocycles. The van der Waals surface area contributed by atoms with Gasteiger partial charge in [0.15, 0.2) is 0 Å². The second-order valence-corrected chi connectivity index (χ2v) is 6.91. The Bertz CT molecular complexity index is 1060. The molecule has 1 aliphatic heterocycles. The van der Waals surface area contributed by atoms with E-state index >= 15 is 0 Å². The third-order valence-electron chi connectivity index (χ3n) is 4.89. The first-order valence-corrected chi connectivity index (χ1v) is 9.73. The van der Waals surface area contributed by atoms with Crippen molar-refractivity contribution in [2.75, 3.05) is 7.11 Å². The molecular formula is C25H22N2O3. The topological polar surface area (TPSA) is 59.9 Å². The van der Waals surface area contributed by atoms with Crippen molar-refractivity contribution in [1.29, 1.82) is 0 Å². The quantitative estimate of drug-likeness (QED) is 0.370. The van der Waals surface area contributed by atoms with E-state index in [1.807, 2.05) is 66.7 Å². The van der Waals surface area contributed by atoms with Crippen LogP contribution in [0.4, 0.5) is 0 Å². The SMILES string of the molecule is COc1ccc(C2=NNC(c3ccc(OC(=O)/C=C\c4ccccc4)cc3)C2)cc1. The molecule has 1 atom stereocenters. The zero-order chi connectivity index (χ0) is 20.8. The first-order chi connectivity index (χ1) is 14.7. The van der Waals surface area contributed by atoms with Crippen molar-refractivity contribution in [1.82, 2.24) is 5.43 Å². The minimum atomic E-state index is -0.407. The molecule has 0 saturated carbocycles. The van der Waals surface area contributed by atoms with Crippen molar-refractivity contribution in [2.24, 2.45) is 5.10 Å². The largest absolute Gasteiger partial charge is 0.497 e. The van der Waals surface area contributed by atoms with Gasteiger partial charge >= 0.3 is 5.97 Å². The third-order valence-corrected chi connectivity index (χ3v) is 4.89. The highest BCUT2D eigenvalue weighted by Gasteiger charge is 2.21. The van der Waals surface area contributed by atoms with E-state index in [4.69, 9.17) is 9.47 Å². The summed E-state index contributed by atoms with van der Waals surface area (Å²) in [5, 5.41) is 4.47. The average Bonchev–Trinajstić information content (AvgIpc) is 3.29. The molecule has 30 heavy (non-hydrogen) atoms. The maximum Gasteiger partial charge on any atom is 0.336 e. The monoisotopic (exact) mass is 398 g/mol. The number of hydrogen-bond acceptors (Lipinski definition) is 5. The van der Waals surface area contributed by atoms with Crippen LogP contribution in [0.15, 0.2) is 90.0 Å². The summed E-state index contributed by atoms with van der Waals surface area (Å²) >= 11 is 0. The van der Waals surface area contributed by atoms with Crippen LogP contribution in [0.3, 0.4) is 0 Å². The number of carbonyl (C=O) groups is 1. The van der Waals surface area contributed by atoms with Crippen LogP contribution in [0.2, 0.25) is 0 Å². The van der Waals surface area contributed by atoms with E-state index in [9.17, 15) is 4.79 Å². The van der Waals surface area contributed by atoms with Crippen molar-refractivity contribution in [3.63, 3.8) is 0 Å². The number of methoxy groups -OCH3 is 1. The van der Waals surface area contributed by atoms with Crippen LogP contribution < -0.4 is 14.9 Å². The van der Waals surface area contributed by atoms with Gasteiger partial charge in [-0.1, -0.05) is 42.5 Å². The van der Waals surface area contributed by atoms with Gasteiger partial charge in [0.2, 0.25) is 0 Å². The average molecular weight is 398 g/mol. The molecule has 1 heterocycles. The zero-order valence-corrected chi connectivity index (χ0v) is 16.6. The van der Waals surface area contributed by atoms with Crippen molar-refractivity contribution in [3.05, 3.63) is 102 Å². The van der Waals surface area contributed by atoms with Gasteiger partial charge in [-0.15, -0.1) is 0 Å². The predicted molar refractivity (Wildman–Crippen MR) is 118 cm³/mol. The fourth-order valence-corrected chi connectivity index (χ4v) is 3.25. The highest BCUT2D eigenvalue weighted by atomic mass is 16.5. The second-order valence-electron chi connectivity index (χ2n) is 6.91. The molecule has 5 heteroatoms. The maximum atomic E-state index is 12.0. The lowest BCUT2D eigenvalue weighted by Crippen LogP contribution is -2.10. The van der Waals surface area contributed by atoms with E-state index in [0.29, 0.717) is 5.75 Å². The molecule has 1 unspecified atom stereocenters. The lowest BCUT2D eigenvalue weighted by atomic mass is 9.99. The number of hydrazone groups is 1. The smallest absolute Gasteiger partial charge is 0.336 e. The number of nitrogens with zero attached hydrogens (tertiary/aromatic N) is 1. The van der Waals surface area contributed by atoms with E-state index < -0.39 is 5.97 Å². The summed E-state index contributed by atoms with van der Waals surface area (Å²) in [7, 11) is 1.65. The van der Waals surface area contributed by atoms with Gasteiger partial charge in [0.25, 0.3) is 0 Å². The highest BCUT2D eigenvalue weighted by molar-refractivity contribution is 6.01. The number of ether oxygens (including phenoxy) is 2. The van der Waals surface area contributed by atoms with Crippen LogP contribution in [0.25, 0.3) is 6.08 Å². The Morgan fingerprint density at radius 1 is 0.967 bits per heavy atom. The molecular weight excluding hydrogens is 376 g/mol. The Morgan fingerprint density at radius 3 is 2.37 bits per heavy atom. The molecule has 150 valence electrons. The van der Waals surface area contributed by atoms with Crippen LogP contribution in [0.5, 0.6) is 11.5 Å². The van der Waals surface area contributed by atoms with Gasteiger partial charge in [0.05, 0.1) is 18.9 Å². The molecule has 5 nitrogen and oxygen atoms in total. The van der Waals surface area contributed by atoms with Crippen LogP contribution in [0.1, 0.15) is 29.2 Å². The highest BCUT2D eigenvalue weighted by Crippen LogP contribution is 2.26. The van der Waals surface area contributed by atoms with E-state index in [2.05, 4.69) is 10.5 Å². The Labute approximate surface area is 175 Å². The van der Waals surface area contributed by atoms with E-state index in [0.717, 1.165) is 34.6 Å². The third kappa shape index (κ3) is 4.75. The van der Waals surface area contributed by atoms with Crippen LogP contribution >= 0.6 is 0 Å². The molecule has 0 spiro atoms. The van der Waals surface area contributed by atoms with Gasteiger partial charge in [-0.05, 0) is 59.2 Å². The van der Waals surface area contributed by atoms with Crippen LogP contribution in [0, 0.1) is 0 Å². The molecule has 0 fully saturated rings. The molecule has 0 amide bonds. The minimum Gasteiger partial charge on any atom is -0.497 e. The Balaban J connectivity index is 1.33. The summed E-state index contributed by atoms with van der Waals surface area (Å²) in [6.45, 7) is 0. The van der Waals surface area contributed by atoms with Gasteiger partial charge in [-0.25, -0.2) is 4.79 Å². The first-order valence-electron chi connectivity index (χ1n) is 9.73. The lowest BCUT2D eigenvalue weighted by molar-refractivity contribution is -0.128. The lowest BCUT2D eigenvalue weighted by Gasteiger charge is -2.11. The van der Waals surface area contributed by atoms with Gasteiger partial charge in [-0.3, -0.25) is 0 Å². The fraction of sp³-hybridized carbons (Fsp3) is 0.120. The summed E-state index contributed by atoms with van der Waals surface area (Å²) in [4.78, 5) is 12.0. The summed E-state index contributed by atoms with van der Waals surface area (Å²) in [6.07, 6.45) is 3.94. The molecule has 3 aromatic rings. The summed E-state index contributed by atoms with van der Waals surface area (Å²) in [6, 6.07) is 25.1. The number of rotatable bonds is 6. The van der Waals surface area contributed by atoms with Gasteiger partial charge in [0.1, 0.15) is 11.5 Å². The van der Waals surface area contributed by atoms with Crippen LogP contribution in [-0.2, 0) is 4.79 Å². The molecule has 4 rings (SSSR count). The van der Waals surface area contributed by atoms with Crippen LogP contribution in [-0.4, -0.2) is 18.8 Å². The van der Waals surface area contributed by atoms with Crippen molar-refractivity contribution < 1.29 is 14.3 Å². The van der Waals surface area contributed by atoms with Crippen molar-refractivity contribution in [3.8, 4) is 11.5 Å². The minimum absolute atomic E-state index is 0.0878. The summed E-state index contributed by atoms with van der Waals surface area (Å²) in [5.74, 6) is 0.928. The summed E-state index contributed by atoms with van der Waals surface area (Å²) < 4.78 is 10.6.